The van der Waals surface area contributed by atoms with Crippen molar-refractivity contribution >= 4 is 15.9 Å². The second kappa shape index (κ2) is 5.35. The molecule has 0 spiro atoms. The lowest BCUT2D eigenvalue weighted by Gasteiger charge is -2.08. The van der Waals surface area contributed by atoms with Gasteiger partial charge in [0.15, 0.2) is 0 Å². The molecule has 2 nitrogen and oxygen atoms in total. The zero-order chi connectivity index (χ0) is 9.68. The number of hydrogen-bond acceptors (Lipinski definition) is 2. The molecule has 1 heterocycles. The monoisotopic (exact) mass is 242 g/mol. The van der Waals surface area contributed by atoms with E-state index in [0.717, 1.165) is 29.4 Å². The first kappa shape index (κ1) is 10.7. The molecule has 0 saturated carbocycles. The van der Waals surface area contributed by atoms with E-state index >= 15 is 0 Å². The molecule has 0 aliphatic heterocycles. The molecule has 0 aliphatic carbocycles. The molecule has 1 aromatic rings. The van der Waals surface area contributed by atoms with Crippen molar-refractivity contribution in [1.29, 1.82) is 0 Å². The number of nitrogens with two attached hydrogens (primary N) is 1. The Labute approximate surface area is 87.7 Å². The van der Waals surface area contributed by atoms with Gasteiger partial charge in [-0.25, -0.2) is 0 Å². The maximum Gasteiger partial charge on any atom is 0.0419 e. The largest absolute Gasteiger partial charge is 0.327 e. The van der Waals surface area contributed by atoms with Gasteiger partial charge < -0.3 is 5.73 Å². The van der Waals surface area contributed by atoms with E-state index in [0.29, 0.717) is 0 Å². The molecule has 3 heteroatoms. The van der Waals surface area contributed by atoms with Gasteiger partial charge in [0.25, 0.3) is 0 Å². The maximum atomic E-state index is 5.90. The van der Waals surface area contributed by atoms with Crippen LogP contribution in [0.3, 0.4) is 0 Å². The molecule has 1 aromatic heterocycles. The van der Waals surface area contributed by atoms with Crippen LogP contribution in [-0.4, -0.2) is 11.0 Å². The minimum Gasteiger partial charge on any atom is -0.327 e. The third-order valence-corrected chi connectivity index (χ3v) is 2.39. The number of halogens is 1. The Balaban J connectivity index is 2.49. The van der Waals surface area contributed by atoms with Gasteiger partial charge in [-0.15, -0.1) is 0 Å². The average Bonchev–Trinajstić information content (AvgIpc) is 2.09. The van der Waals surface area contributed by atoms with Crippen LogP contribution in [0.1, 0.15) is 25.5 Å². The van der Waals surface area contributed by atoms with Crippen LogP contribution >= 0.6 is 15.9 Å². The van der Waals surface area contributed by atoms with Crippen LogP contribution in [-0.2, 0) is 6.42 Å². The average molecular weight is 243 g/mol. The van der Waals surface area contributed by atoms with Crippen LogP contribution in [0.4, 0.5) is 0 Å². The van der Waals surface area contributed by atoms with Crippen LogP contribution in [0.2, 0.25) is 0 Å². The topological polar surface area (TPSA) is 38.9 Å². The Hall–Kier alpha value is -0.410. The van der Waals surface area contributed by atoms with Gasteiger partial charge in [-0.05, 0) is 34.5 Å². The van der Waals surface area contributed by atoms with Crippen molar-refractivity contribution in [3.05, 3.63) is 28.5 Å². The van der Waals surface area contributed by atoms with E-state index in [1.165, 1.54) is 0 Å². The predicted molar refractivity (Wildman–Crippen MR) is 58.5 cm³/mol. The molecule has 2 N–H and O–H groups in total. The molecule has 0 saturated heterocycles. The van der Waals surface area contributed by atoms with Gasteiger partial charge in [0, 0.05) is 28.8 Å². The molecule has 0 aromatic carbocycles. The summed E-state index contributed by atoms with van der Waals surface area (Å²) in [4.78, 5) is 4.27. The lowest BCUT2D eigenvalue weighted by molar-refractivity contribution is 0.593. The molecule has 13 heavy (non-hydrogen) atoms. The Morgan fingerprint density at radius 3 is 2.85 bits per heavy atom. The molecular weight excluding hydrogens is 228 g/mol. The van der Waals surface area contributed by atoms with Crippen molar-refractivity contribution in [1.82, 2.24) is 4.98 Å². The van der Waals surface area contributed by atoms with E-state index in [2.05, 4.69) is 27.8 Å². The number of nitrogens with zero attached hydrogens (tertiary/aromatic N) is 1. The summed E-state index contributed by atoms with van der Waals surface area (Å²) < 4.78 is 1.01. The van der Waals surface area contributed by atoms with Crippen molar-refractivity contribution in [2.45, 2.75) is 32.2 Å². The van der Waals surface area contributed by atoms with Gasteiger partial charge >= 0.3 is 0 Å². The summed E-state index contributed by atoms with van der Waals surface area (Å²) in [6.45, 7) is 2.15. The van der Waals surface area contributed by atoms with Crippen LogP contribution in [0.25, 0.3) is 0 Å². The lowest BCUT2D eigenvalue weighted by atomic mass is 10.1. The van der Waals surface area contributed by atoms with E-state index < -0.39 is 0 Å². The molecule has 1 atom stereocenters. The zero-order valence-corrected chi connectivity index (χ0v) is 9.42. The molecule has 0 amide bonds. The second-order valence-electron chi connectivity index (χ2n) is 3.22. The number of rotatable bonds is 4. The van der Waals surface area contributed by atoms with Gasteiger partial charge in [0.05, 0.1) is 0 Å². The first-order chi connectivity index (χ1) is 6.22. The predicted octanol–water partition coefficient (Wildman–Crippen LogP) is 2.51. The minimum atomic E-state index is 0.249. The molecule has 0 bridgehead atoms. The lowest BCUT2D eigenvalue weighted by Crippen LogP contribution is -2.22. The highest BCUT2D eigenvalue weighted by Crippen LogP contribution is 2.09. The fourth-order valence-corrected chi connectivity index (χ4v) is 1.50. The number of pyridine rings is 1. The fourth-order valence-electron chi connectivity index (χ4n) is 1.27. The molecule has 0 radical (unpaired) electrons. The third-order valence-electron chi connectivity index (χ3n) is 1.92. The molecule has 0 aliphatic rings. The summed E-state index contributed by atoms with van der Waals surface area (Å²) in [5.74, 6) is 0. The van der Waals surface area contributed by atoms with Crippen LogP contribution in [0.5, 0.6) is 0 Å². The number of aromatic nitrogens is 1. The Kier molecular flexibility index (Phi) is 4.39. The van der Waals surface area contributed by atoms with Crippen LogP contribution in [0.15, 0.2) is 22.8 Å². The summed E-state index contributed by atoms with van der Waals surface area (Å²) in [6.07, 6.45) is 4.89. The highest BCUT2D eigenvalue weighted by Gasteiger charge is 2.03. The van der Waals surface area contributed by atoms with Crippen LogP contribution < -0.4 is 5.73 Å². The van der Waals surface area contributed by atoms with Crippen molar-refractivity contribution in [3.63, 3.8) is 0 Å². The fraction of sp³-hybridized carbons (Fsp3) is 0.500. The molecule has 0 fully saturated rings. The van der Waals surface area contributed by atoms with Crippen LogP contribution in [0, 0.1) is 0 Å². The molecule has 72 valence electrons. The maximum absolute atomic E-state index is 5.90. The SMILES string of the molecule is CCCC(N)Cc1ccc(Br)cn1. The first-order valence-electron chi connectivity index (χ1n) is 4.58. The molecule has 1 rings (SSSR count). The van der Waals surface area contributed by atoms with E-state index in [9.17, 15) is 0 Å². The van der Waals surface area contributed by atoms with Gasteiger partial charge in [-0.2, -0.15) is 0 Å². The smallest absolute Gasteiger partial charge is 0.0419 e. The summed E-state index contributed by atoms with van der Waals surface area (Å²) in [7, 11) is 0. The Bertz CT molecular complexity index is 246. The van der Waals surface area contributed by atoms with Gasteiger partial charge in [0.2, 0.25) is 0 Å². The van der Waals surface area contributed by atoms with Gasteiger partial charge in [0.1, 0.15) is 0 Å². The van der Waals surface area contributed by atoms with Gasteiger partial charge in [-0.3, -0.25) is 4.98 Å². The molecule has 1 unspecified atom stereocenters. The normalized spacial score (nSPS) is 12.8. The zero-order valence-electron chi connectivity index (χ0n) is 7.83. The quantitative estimate of drug-likeness (QED) is 0.882. The second-order valence-corrected chi connectivity index (χ2v) is 4.14. The summed E-state index contributed by atoms with van der Waals surface area (Å²) in [6, 6.07) is 4.26. The number of hydrogen-bond donors (Lipinski definition) is 1. The Morgan fingerprint density at radius 1 is 1.54 bits per heavy atom. The summed E-state index contributed by atoms with van der Waals surface area (Å²) in [5.41, 5.74) is 6.98. The minimum absolute atomic E-state index is 0.249. The van der Waals surface area contributed by atoms with E-state index in [1.54, 1.807) is 0 Å². The van der Waals surface area contributed by atoms with Crippen molar-refractivity contribution in [3.8, 4) is 0 Å². The van der Waals surface area contributed by atoms with E-state index in [1.807, 2.05) is 18.3 Å². The van der Waals surface area contributed by atoms with E-state index in [-0.39, 0.29) is 6.04 Å². The third kappa shape index (κ3) is 3.87. The van der Waals surface area contributed by atoms with E-state index in [4.69, 9.17) is 5.73 Å². The first-order valence-corrected chi connectivity index (χ1v) is 5.37. The Morgan fingerprint density at radius 2 is 2.31 bits per heavy atom. The summed E-state index contributed by atoms with van der Waals surface area (Å²) >= 11 is 3.35. The van der Waals surface area contributed by atoms with Gasteiger partial charge in [-0.1, -0.05) is 13.3 Å². The highest BCUT2D eigenvalue weighted by atomic mass is 79.9. The van der Waals surface area contributed by atoms with Crippen molar-refractivity contribution < 1.29 is 0 Å². The van der Waals surface area contributed by atoms with Crippen molar-refractivity contribution in [2.75, 3.05) is 0 Å². The summed E-state index contributed by atoms with van der Waals surface area (Å²) in [5, 5.41) is 0. The standard InChI is InChI=1S/C10H15BrN2/c1-2-3-9(12)6-10-5-4-8(11)7-13-10/h4-5,7,9H,2-3,6,12H2,1H3. The molecular formula is C10H15BrN2. The van der Waals surface area contributed by atoms with Crippen molar-refractivity contribution in [2.24, 2.45) is 5.73 Å². The highest BCUT2D eigenvalue weighted by molar-refractivity contribution is 9.10.